The minimum Gasteiger partial charge on any atom is -0.343 e. The summed E-state index contributed by atoms with van der Waals surface area (Å²) in [7, 11) is 1.65. The second-order valence-electron chi connectivity index (χ2n) is 6.16. The Morgan fingerprint density at radius 2 is 1.85 bits per heavy atom. The van der Waals surface area contributed by atoms with Crippen LogP contribution in [0, 0.1) is 6.92 Å². The topological polar surface area (TPSA) is 80.2 Å². The molecular formula is C20H18BrN3O3. The maximum atomic E-state index is 12.5. The summed E-state index contributed by atoms with van der Waals surface area (Å²) in [6.45, 7) is 1.68. The van der Waals surface area contributed by atoms with Gasteiger partial charge >= 0.3 is 0 Å². The number of aryl methyl sites for hydroxylation is 2. The molecule has 0 unspecified atom stereocenters. The van der Waals surface area contributed by atoms with Crippen LogP contribution in [0.15, 0.2) is 57.8 Å². The number of amides is 2. The Hall–Kier alpha value is -2.93. The molecule has 2 aromatic carbocycles. The number of carbonyl (C=O) groups excluding carboxylic acids is 2. The fourth-order valence-electron chi connectivity index (χ4n) is 2.82. The molecule has 1 aromatic heterocycles. The van der Waals surface area contributed by atoms with E-state index in [-0.39, 0.29) is 23.6 Å². The van der Waals surface area contributed by atoms with Crippen LogP contribution in [0.2, 0.25) is 0 Å². The average Bonchev–Trinajstić information content (AvgIpc) is 2.65. The number of aromatic nitrogens is 1. The number of pyridine rings is 1. The molecule has 0 atom stereocenters. The Labute approximate surface area is 164 Å². The third kappa shape index (κ3) is 4.09. The molecule has 6 nitrogen and oxygen atoms in total. The number of nitrogens with one attached hydrogen (secondary N) is 2. The maximum Gasteiger partial charge on any atom is 0.252 e. The Morgan fingerprint density at radius 3 is 2.59 bits per heavy atom. The standard InChI is InChI=1S/C20H18BrN3O3/c1-12-9-13(21)7-8-16(12)23-18(25)11-22-20(27)15-10-19(26)24(2)17-6-4-3-5-14(15)17/h3-10H,11H2,1-2H3,(H,22,27)(H,23,25). The van der Waals surface area contributed by atoms with Crippen LogP contribution in [0.25, 0.3) is 10.9 Å². The van der Waals surface area contributed by atoms with Crippen molar-refractivity contribution in [2.45, 2.75) is 6.92 Å². The summed E-state index contributed by atoms with van der Waals surface area (Å²) in [4.78, 5) is 36.8. The van der Waals surface area contributed by atoms with Crippen molar-refractivity contribution >= 4 is 44.3 Å². The molecule has 7 heteroatoms. The summed E-state index contributed by atoms with van der Waals surface area (Å²) in [6, 6.07) is 13.9. The van der Waals surface area contributed by atoms with Gasteiger partial charge in [-0.05, 0) is 36.8 Å². The van der Waals surface area contributed by atoms with E-state index in [0.717, 1.165) is 10.0 Å². The zero-order chi connectivity index (χ0) is 19.6. The van der Waals surface area contributed by atoms with Gasteiger partial charge in [0, 0.05) is 28.7 Å². The summed E-state index contributed by atoms with van der Waals surface area (Å²) in [5.41, 5.74) is 2.21. The monoisotopic (exact) mass is 427 g/mol. The molecule has 3 rings (SSSR count). The van der Waals surface area contributed by atoms with Crippen molar-refractivity contribution in [1.82, 2.24) is 9.88 Å². The second kappa shape index (κ2) is 7.75. The minimum atomic E-state index is -0.466. The lowest BCUT2D eigenvalue weighted by molar-refractivity contribution is -0.115. The van der Waals surface area contributed by atoms with Crippen molar-refractivity contribution in [2.24, 2.45) is 7.05 Å². The molecule has 0 fully saturated rings. The van der Waals surface area contributed by atoms with Gasteiger partial charge < -0.3 is 15.2 Å². The molecule has 0 bridgehead atoms. The van der Waals surface area contributed by atoms with E-state index >= 15 is 0 Å². The van der Waals surface area contributed by atoms with Crippen LogP contribution in [0.4, 0.5) is 5.69 Å². The van der Waals surface area contributed by atoms with E-state index in [4.69, 9.17) is 0 Å². The number of hydrogen-bond acceptors (Lipinski definition) is 3. The molecule has 2 amide bonds. The highest BCUT2D eigenvalue weighted by Crippen LogP contribution is 2.20. The number of nitrogens with zero attached hydrogens (tertiary/aromatic N) is 1. The van der Waals surface area contributed by atoms with Gasteiger partial charge in [0.2, 0.25) is 5.91 Å². The van der Waals surface area contributed by atoms with Crippen LogP contribution in [0.5, 0.6) is 0 Å². The van der Waals surface area contributed by atoms with E-state index in [1.807, 2.05) is 19.1 Å². The van der Waals surface area contributed by atoms with E-state index in [9.17, 15) is 14.4 Å². The van der Waals surface area contributed by atoms with Crippen LogP contribution in [-0.4, -0.2) is 22.9 Å². The average molecular weight is 428 g/mol. The van der Waals surface area contributed by atoms with E-state index in [0.29, 0.717) is 16.6 Å². The predicted octanol–water partition coefficient (Wildman–Crippen LogP) is 2.98. The first-order chi connectivity index (χ1) is 12.9. The second-order valence-corrected chi connectivity index (χ2v) is 7.08. The summed E-state index contributed by atoms with van der Waals surface area (Å²) >= 11 is 3.37. The summed E-state index contributed by atoms with van der Waals surface area (Å²) in [6.07, 6.45) is 0. The highest BCUT2D eigenvalue weighted by atomic mass is 79.9. The van der Waals surface area contributed by atoms with Crippen molar-refractivity contribution in [3.63, 3.8) is 0 Å². The molecule has 0 aliphatic carbocycles. The molecule has 3 aromatic rings. The van der Waals surface area contributed by atoms with Crippen LogP contribution >= 0.6 is 15.9 Å². The van der Waals surface area contributed by atoms with Crippen molar-refractivity contribution < 1.29 is 9.59 Å². The van der Waals surface area contributed by atoms with Gasteiger partial charge in [-0.25, -0.2) is 0 Å². The zero-order valence-corrected chi connectivity index (χ0v) is 16.5. The maximum absolute atomic E-state index is 12.5. The first kappa shape index (κ1) is 18.8. The lowest BCUT2D eigenvalue weighted by Crippen LogP contribution is -2.34. The van der Waals surface area contributed by atoms with Gasteiger partial charge in [0.25, 0.3) is 11.5 Å². The SMILES string of the molecule is Cc1cc(Br)ccc1NC(=O)CNC(=O)c1cc(=O)n(C)c2ccccc12. The molecule has 0 spiro atoms. The highest BCUT2D eigenvalue weighted by Gasteiger charge is 2.14. The Kier molecular flexibility index (Phi) is 5.41. The first-order valence-electron chi connectivity index (χ1n) is 8.30. The van der Waals surface area contributed by atoms with Crippen molar-refractivity contribution in [2.75, 3.05) is 11.9 Å². The molecule has 0 aliphatic rings. The lowest BCUT2D eigenvalue weighted by atomic mass is 10.1. The normalized spacial score (nSPS) is 10.6. The third-order valence-electron chi connectivity index (χ3n) is 4.27. The molecular weight excluding hydrogens is 410 g/mol. The fraction of sp³-hybridized carbons (Fsp3) is 0.150. The van der Waals surface area contributed by atoms with Crippen LogP contribution < -0.4 is 16.2 Å². The molecule has 27 heavy (non-hydrogen) atoms. The summed E-state index contributed by atoms with van der Waals surface area (Å²) < 4.78 is 2.40. The number of hydrogen-bond donors (Lipinski definition) is 2. The Bertz CT molecular complexity index is 1110. The molecule has 1 heterocycles. The molecule has 138 valence electrons. The number of rotatable bonds is 4. The highest BCUT2D eigenvalue weighted by molar-refractivity contribution is 9.10. The Balaban J connectivity index is 1.75. The third-order valence-corrected chi connectivity index (χ3v) is 4.76. The molecule has 0 aliphatic heterocycles. The number of fused-ring (bicyclic) bond motifs is 1. The van der Waals surface area contributed by atoms with E-state index in [1.165, 1.54) is 10.6 Å². The molecule has 0 saturated heterocycles. The Morgan fingerprint density at radius 1 is 1.11 bits per heavy atom. The van der Waals surface area contributed by atoms with E-state index in [1.54, 1.807) is 37.4 Å². The van der Waals surface area contributed by atoms with Gasteiger partial charge in [-0.1, -0.05) is 34.1 Å². The van der Waals surface area contributed by atoms with E-state index in [2.05, 4.69) is 26.6 Å². The van der Waals surface area contributed by atoms with E-state index < -0.39 is 5.91 Å². The predicted molar refractivity (Wildman–Crippen MR) is 109 cm³/mol. The first-order valence-corrected chi connectivity index (χ1v) is 9.09. The number of halogens is 1. The van der Waals surface area contributed by atoms with Gasteiger partial charge in [0.1, 0.15) is 0 Å². The summed E-state index contributed by atoms with van der Waals surface area (Å²) in [5.74, 6) is -0.812. The number of benzene rings is 2. The molecule has 0 radical (unpaired) electrons. The molecule has 0 saturated carbocycles. The summed E-state index contributed by atoms with van der Waals surface area (Å²) in [5, 5.41) is 6.00. The minimum absolute atomic E-state index is 0.197. The number of carbonyl (C=O) groups is 2. The van der Waals surface area contributed by atoms with Gasteiger partial charge in [-0.3, -0.25) is 14.4 Å². The van der Waals surface area contributed by atoms with Gasteiger partial charge in [-0.2, -0.15) is 0 Å². The fourth-order valence-corrected chi connectivity index (χ4v) is 3.29. The van der Waals surface area contributed by atoms with Crippen LogP contribution in [-0.2, 0) is 11.8 Å². The van der Waals surface area contributed by atoms with Gasteiger partial charge in [-0.15, -0.1) is 0 Å². The smallest absolute Gasteiger partial charge is 0.252 e. The van der Waals surface area contributed by atoms with Crippen molar-refractivity contribution in [3.8, 4) is 0 Å². The zero-order valence-electron chi connectivity index (χ0n) is 14.9. The quantitative estimate of drug-likeness (QED) is 0.671. The van der Waals surface area contributed by atoms with Gasteiger partial charge in [0.15, 0.2) is 0 Å². The van der Waals surface area contributed by atoms with Crippen molar-refractivity contribution in [3.05, 3.63) is 74.5 Å². The number of anilines is 1. The van der Waals surface area contributed by atoms with Gasteiger partial charge in [0.05, 0.1) is 17.6 Å². The molecule has 2 N–H and O–H groups in total. The lowest BCUT2D eigenvalue weighted by Gasteiger charge is -2.11. The van der Waals surface area contributed by atoms with Crippen LogP contribution in [0.1, 0.15) is 15.9 Å². The van der Waals surface area contributed by atoms with Crippen molar-refractivity contribution in [1.29, 1.82) is 0 Å². The van der Waals surface area contributed by atoms with Crippen LogP contribution in [0.3, 0.4) is 0 Å². The number of para-hydroxylation sites is 1. The largest absolute Gasteiger partial charge is 0.343 e.